The molecule has 1 aromatic carbocycles. The molecule has 3 rings (SSSR count). The van der Waals surface area contributed by atoms with Gasteiger partial charge in [-0.15, -0.1) is 0 Å². The number of nitrogens with two attached hydrogens (primary N) is 1. The maximum absolute atomic E-state index is 5.99. The van der Waals surface area contributed by atoms with Crippen molar-refractivity contribution < 1.29 is 0 Å². The van der Waals surface area contributed by atoms with Crippen LogP contribution >= 0.6 is 0 Å². The zero-order valence-electron chi connectivity index (χ0n) is 10.1. The SMILES string of the molecule is CCc1ccccc1-n1nc(N)c2c1CCC2. The second kappa shape index (κ2) is 3.91. The maximum Gasteiger partial charge on any atom is 0.149 e. The Hall–Kier alpha value is -1.77. The number of aromatic nitrogens is 2. The summed E-state index contributed by atoms with van der Waals surface area (Å²) in [6.45, 7) is 2.17. The van der Waals surface area contributed by atoms with Gasteiger partial charge in [0.2, 0.25) is 0 Å². The molecule has 0 spiro atoms. The molecule has 0 saturated heterocycles. The van der Waals surface area contributed by atoms with Crippen LogP contribution in [0.2, 0.25) is 0 Å². The van der Waals surface area contributed by atoms with Gasteiger partial charge in [0.15, 0.2) is 0 Å². The average Bonchev–Trinajstić information content (AvgIpc) is 2.94. The molecule has 0 unspecified atom stereocenters. The van der Waals surface area contributed by atoms with Crippen molar-refractivity contribution >= 4 is 5.82 Å². The Labute approximate surface area is 101 Å². The van der Waals surface area contributed by atoms with E-state index in [1.807, 2.05) is 0 Å². The zero-order chi connectivity index (χ0) is 11.8. The van der Waals surface area contributed by atoms with Gasteiger partial charge in [-0.25, -0.2) is 4.68 Å². The normalized spacial score (nSPS) is 13.9. The summed E-state index contributed by atoms with van der Waals surface area (Å²) in [5.41, 5.74) is 11.1. The number of hydrogen-bond acceptors (Lipinski definition) is 2. The Kier molecular flexibility index (Phi) is 2.39. The van der Waals surface area contributed by atoms with Gasteiger partial charge < -0.3 is 5.73 Å². The van der Waals surface area contributed by atoms with Gasteiger partial charge in [-0.1, -0.05) is 25.1 Å². The van der Waals surface area contributed by atoms with Gasteiger partial charge in [0.05, 0.1) is 5.69 Å². The van der Waals surface area contributed by atoms with Crippen molar-refractivity contribution in [3.63, 3.8) is 0 Å². The summed E-state index contributed by atoms with van der Waals surface area (Å²) in [7, 11) is 0. The number of hydrogen-bond donors (Lipinski definition) is 1. The molecule has 1 aliphatic rings. The van der Waals surface area contributed by atoms with Crippen molar-refractivity contribution in [2.45, 2.75) is 32.6 Å². The van der Waals surface area contributed by atoms with E-state index in [0.29, 0.717) is 5.82 Å². The molecule has 0 radical (unpaired) electrons. The van der Waals surface area contributed by atoms with Crippen LogP contribution in [0.3, 0.4) is 0 Å². The lowest BCUT2D eigenvalue weighted by molar-refractivity contribution is 0.781. The second-order valence-corrected chi connectivity index (χ2v) is 4.56. The van der Waals surface area contributed by atoms with Crippen molar-refractivity contribution in [1.82, 2.24) is 9.78 Å². The molecule has 1 heterocycles. The van der Waals surface area contributed by atoms with E-state index < -0.39 is 0 Å². The fourth-order valence-corrected chi connectivity index (χ4v) is 2.68. The van der Waals surface area contributed by atoms with Crippen LogP contribution in [-0.2, 0) is 19.3 Å². The van der Waals surface area contributed by atoms with Crippen molar-refractivity contribution in [3.8, 4) is 5.69 Å². The Morgan fingerprint density at radius 1 is 1.29 bits per heavy atom. The van der Waals surface area contributed by atoms with Crippen LogP contribution in [0.15, 0.2) is 24.3 Å². The molecular formula is C14H17N3. The molecule has 0 saturated carbocycles. The van der Waals surface area contributed by atoms with Crippen LogP contribution in [0.4, 0.5) is 5.82 Å². The lowest BCUT2D eigenvalue weighted by Gasteiger charge is -2.10. The number of nitrogens with zero attached hydrogens (tertiary/aromatic N) is 2. The van der Waals surface area contributed by atoms with Crippen molar-refractivity contribution in [2.24, 2.45) is 0 Å². The summed E-state index contributed by atoms with van der Waals surface area (Å²) in [5, 5.41) is 4.51. The monoisotopic (exact) mass is 227 g/mol. The lowest BCUT2D eigenvalue weighted by atomic mass is 10.1. The number of rotatable bonds is 2. The molecule has 0 fully saturated rings. The Bertz CT molecular complexity index is 555. The molecule has 0 amide bonds. The van der Waals surface area contributed by atoms with Crippen LogP contribution in [0, 0.1) is 0 Å². The second-order valence-electron chi connectivity index (χ2n) is 4.56. The van der Waals surface area contributed by atoms with E-state index in [2.05, 4.69) is 41.0 Å². The first-order chi connectivity index (χ1) is 8.31. The number of anilines is 1. The fraction of sp³-hybridized carbons (Fsp3) is 0.357. The molecule has 0 atom stereocenters. The van der Waals surface area contributed by atoms with Gasteiger partial charge >= 0.3 is 0 Å². The zero-order valence-corrected chi connectivity index (χ0v) is 10.1. The van der Waals surface area contributed by atoms with Crippen LogP contribution < -0.4 is 5.73 Å². The minimum atomic E-state index is 0.711. The van der Waals surface area contributed by atoms with Crippen LogP contribution in [-0.4, -0.2) is 9.78 Å². The summed E-state index contributed by atoms with van der Waals surface area (Å²) in [6, 6.07) is 8.43. The van der Waals surface area contributed by atoms with Gasteiger partial charge in [0, 0.05) is 11.3 Å². The highest BCUT2D eigenvalue weighted by molar-refractivity contribution is 5.51. The highest BCUT2D eigenvalue weighted by Crippen LogP contribution is 2.30. The highest BCUT2D eigenvalue weighted by Gasteiger charge is 2.22. The smallest absolute Gasteiger partial charge is 0.149 e. The van der Waals surface area contributed by atoms with Gasteiger partial charge in [-0.05, 0) is 37.3 Å². The van der Waals surface area contributed by atoms with Gasteiger partial charge in [-0.2, -0.15) is 5.10 Å². The molecule has 2 N–H and O–H groups in total. The number of fused-ring (bicyclic) bond motifs is 1. The third-order valence-electron chi connectivity index (χ3n) is 3.56. The number of benzene rings is 1. The summed E-state index contributed by atoms with van der Waals surface area (Å²) < 4.78 is 2.05. The molecule has 0 bridgehead atoms. The molecule has 3 heteroatoms. The minimum absolute atomic E-state index is 0.711. The van der Waals surface area contributed by atoms with E-state index in [9.17, 15) is 0 Å². The van der Waals surface area contributed by atoms with Crippen LogP contribution in [0.25, 0.3) is 5.69 Å². The maximum atomic E-state index is 5.99. The average molecular weight is 227 g/mol. The summed E-state index contributed by atoms with van der Waals surface area (Å²) in [4.78, 5) is 0. The lowest BCUT2D eigenvalue weighted by Crippen LogP contribution is -2.04. The third kappa shape index (κ3) is 1.54. The van der Waals surface area contributed by atoms with E-state index in [1.165, 1.54) is 28.9 Å². The van der Waals surface area contributed by atoms with E-state index in [0.717, 1.165) is 19.3 Å². The van der Waals surface area contributed by atoms with Crippen molar-refractivity contribution in [3.05, 3.63) is 41.1 Å². The molecule has 3 nitrogen and oxygen atoms in total. The summed E-state index contributed by atoms with van der Waals surface area (Å²) >= 11 is 0. The first-order valence-corrected chi connectivity index (χ1v) is 6.25. The highest BCUT2D eigenvalue weighted by atomic mass is 15.3. The number of nitrogen functional groups attached to an aromatic ring is 1. The Balaban J connectivity index is 2.19. The third-order valence-corrected chi connectivity index (χ3v) is 3.56. The van der Waals surface area contributed by atoms with Crippen molar-refractivity contribution in [2.75, 3.05) is 5.73 Å². The Morgan fingerprint density at radius 3 is 2.94 bits per heavy atom. The molecule has 88 valence electrons. The first kappa shape index (κ1) is 10.4. The Morgan fingerprint density at radius 2 is 2.12 bits per heavy atom. The van der Waals surface area contributed by atoms with E-state index in [4.69, 9.17) is 5.73 Å². The summed E-state index contributed by atoms with van der Waals surface area (Å²) in [6.07, 6.45) is 4.39. The van der Waals surface area contributed by atoms with E-state index in [1.54, 1.807) is 0 Å². The molecule has 1 aliphatic carbocycles. The molecule has 1 aromatic heterocycles. The standard InChI is InChI=1S/C14H17N3/c1-2-10-6-3-4-8-12(10)17-13-9-5-7-11(13)14(15)16-17/h3-4,6,8H,2,5,7,9H2,1H3,(H2,15,16). The predicted molar refractivity (Wildman–Crippen MR) is 69.4 cm³/mol. The van der Waals surface area contributed by atoms with E-state index >= 15 is 0 Å². The van der Waals surface area contributed by atoms with Gasteiger partial charge in [-0.3, -0.25) is 0 Å². The minimum Gasteiger partial charge on any atom is -0.382 e. The van der Waals surface area contributed by atoms with Gasteiger partial charge in [0.25, 0.3) is 0 Å². The largest absolute Gasteiger partial charge is 0.382 e. The topological polar surface area (TPSA) is 43.8 Å². The van der Waals surface area contributed by atoms with Gasteiger partial charge in [0.1, 0.15) is 5.82 Å². The molecule has 0 aliphatic heterocycles. The number of para-hydroxylation sites is 1. The quantitative estimate of drug-likeness (QED) is 0.856. The molecular weight excluding hydrogens is 210 g/mol. The van der Waals surface area contributed by atoms with E-state index in [-0.39, 0.29) is 0 Å². The number of aryl methyl sites for hydroxylation is 1. The van der Waals surface area contributed by atoms with Crippen LogP contribution in [0.5, 0.6) is 0 Å². The van der Waals surface area contributed by atoms with Crippen molar-refractivity contribution in [1.29, 1.82) is 0 Å². The molecule has 2 aromatic rings. The fourth-order valence-electron chi connectivity index (χ4n) is 2.68. The van der Waals surface area contributed by atoms with Crippen LogP contribution in [0.1, 0.15) is 30.2 Å². The first-order valence-electron chi connectivity index (χ1n) is 6.25. The summed E-state index contributed by atoms with van der Waals surface area (Å²) in [5.74, 6) is 0.711. The predicted octanol–water partition coefficient (Wildman–Crippen LogP) is 2.51. The molecule has 17 heavy (non-hydrogen) atoms.